The number of benzene rings is 1. The van der Waals surface area contributed by atoms with Gasteiger partial charge in [0.25, 0.3) is 0 Å². The van der Waals surface area contributed by atoms with Crippen LogP contribution in [0.5, 0.6) is 0 Å². The monoisotopic (exact) mass is 291 g/mol. The first kappa shape index (κ1) is 14.3. The van der Waals surface area contributed by atoms with Gasteiger partial charge < -0.3 is 11.1 Å². The Kier molecular flexibility index (Phi) is 3.85. The van der Waals surface area contributed by atoms with Crippen LogP contribution >= 0.6 is 0 Å². The molecule has 2 fully saturated rings. The molecule has 1 aliphatic carbocycles. The number of rotatable bonds is 3. The Labute approximate surface area is 124 Å². The summed E-state index contributed by atoms with van der Waals surface area (Å²) in [5, 5.41) is 2.81. The molecule has 1 amide bonds. The van der Waals surface area contributed by atoms with Crippen molar-refractivity contribution in [3.8, 4) is 0 Å². The van der Waals surface area contributed by atoms with Crippen LogP contribution in [0.4, 0.5) is 15.8 Å². The van der Waals surface area contributed by atoms with E-state index in [-0.39, 0.29) is 17.6 Å². The van der Waals surface area contributed by atoms with Gasteiger partial charge in [-0.25, -0.2) is 4.39 Å². The molecule has 21 heavy (non-hydrogen) atoms. The number of nitrogens with one attached hydrogen (secondary N) is 1. The molecule has 3 unspecified atom stereocenters. The van der Waals surface area contributed by atoms with Gasteiger partial charge in [0.2, 0.25) is 5.91 Å². The van der Waals surface area contributed by atoms with Gasteiger partial charge in [0, 0.05) is 13.1 Å². The SMILES string of the molecule is CC(C(=O)Nc1ccc(F)cc1N)N1CC2CCCC2C1. The molecule has 1 saturated heterocycles. The summed E-state index contributed by atoms with van der Waals surface area (Å²) < 4.78 is 13.0. The van der Waals surface area contributed by atoms with E-state index in [0.29, 0.717) is 5.69 Å². The number of hydrogen-bond donors (Lipinski definition) is 2. The molecule has 0 aromatic heterocycles. The molecule has 0 radical (unpaired) electrons. The number of carbonyl (C=O) groups is 1. The minimum Gasteiger partial charge on any atom is -0.397 e. The van der Waals surface area contributed by atoms with Crippen LogP contribution in [0.3, 0.4) is 0 Å². The van der Waals surface area contributed by atoms with Crippen LogP contribution in [0.25, 0.3) is 0 Å². The molecule has 1 aliphatic heterocycles. The van der Waals surface area contributed by atoms with Gasteiger partial charge >= 0.3 is 0 Å². The number of anilines is 2. The minimum absolute atomic E-state index is 0.0757. The van der Waals surface area contributed by atoms with Gasteiger partial charge in [-0.15, -0.1) is 0 Å². The molecule has 1 saturated carbocycles. The maximum atomic E-state index is 13.0. The van der Waals surface area contributed by atoms with Gasteiger partial charge in [-0.3, -0.25) is 9.69 Å². The predicted molar refractivity (Wildman–Crippen MR) is 81.3 cm³/mol. The zero-order valence-electron chi connectivity index (χ0n) is 12.3. The van der Waals surface area contributed by atoms with Crippen LogP contribution in [0, 0.1) is 17.7 Å². The Morgan fingerprint density at radius 1 is 1.38 bits per heavy atom. The molecule has 0 bridgehead atoms. The van der Waals surface area contributed by atoms with Crippen LogP contribution < -0.4 is 11.1 Å². The number of amides is 1. The lowest BCUT2D eigenvalue weighted by atomic mass is 10.0. The molecule has 0 spiro atoms. The molecule has 1 heterocycles. The van der Waals surface area contributed by atoms with Crippen LogP contribution in [-0.4, -0.2) is 29.9 Å². The molecular weight excluding hydrogens is 269 g/mol. The van der Waals surface area contributed by atoms with Crippen molar-refractivity contribution < 1.29 is 9.18 Å². The van der Waals surface area contributed by atoms with Crippen molar-refractivity contribution >= 4 is 17.3 Å². The van der Waals surface area contributed by atoms with Gasteiger partial charge in [0.15, 0.2) is 0 Å². The van der Waals surface area contributed by atoms with E-state index in [1.54, 1.807) is 0 Å². The normalized spacial score (nSPS) is 26.6. The third-order valence-corrected chi connectivity index (χ3v) is 4.95. The van der Waals surface area contributed by atoms with Crippen LogP contribution in [-0.2, 0) is 4.79 Å². The number of nitrogens with two attached hydrogens (primary N) is 1. The summed E-state index contributed by atoms with van der Waals surface area (Å²) in [4.78, 5) is 14.6. The number of nitrogen functional groups attached to an aromatic ring is 1. The van der Waals surface area contributed by atoms with Crippen LogP contribution in [0.15, 0.2) is 18.2 Å². The fourth-order valence-electron chi connectivity index (χ4n) is 3.64. The van der Waals surface area contributed by atoms with Crippen LogP contribution in [0.1, 0.15) is 26.2 Å². The van der Waals surface area contributed by atoms with Gasteiger partial charge in [0.05, 0.1) is 17.4 Å². The van der Waals surface area contributed by atoms with Crippen molar-refractivity contribution in [3.63, 3.8) is 0 Å². The van der Waals surface area contributed by atoms with E-state index in [9.17, 15) is 9.18 Å². The summed E-state index contributed by atoms with van der Waals surface area (Å²) in [6.45, 7) is 3.95. The summed E-state index contributed by atoms with van der Waals surface area (Å²) in [6, 6.07) is 3.85. The maximum Gasteiger partial charge on any atom is 0.241 e. The molecule has 3 N–H and O–H groups in total. The van der Waals surface area contributed by atoms with Crippen molar-refractivity contribution in [2.24, 2.45) is 11.8 Å². The highest BCUT2D eigenvalue weighted by atomic mass is 19.1. The first-order chi connectivity index (χ1) is 10.0. The van der Waals surface area contributed by atoms with E-state index in [1.165, 1.54) is 37.5 Å². The lowest BCUT2D eigenvalue weighted by Gasteiger charge is -2.24. The Morgan fingerprint density at radius 2 is 2.05 bits per heavy atom. The molecular formula is C16H22FN3O. The van der Waals surface area contributed by atoms with Gasteiger partial charge in [-0.2, -0.15) is 0 Å². The van der Waals surface area contributed by atoms with Crippen molar-refractivity contribution in [1.82, 2.24) is 4.90 Å². The van der Waals surface area contributed by atoms with E-state index in [2.05, 4.69) is 10.2 Å². The number of likely N-dealkylation sites (tertiary alicyclic amines) is 1. The number of fused-ring (bicyclic) bond motifs is 1. The van der Waals surface area contributed by atoms with Crippen molar-refractivity contribution in [2.45, 2.75) is 32.2 Å². The average Bonchev–Trinajstić information content (AvgIpc) is 3.01. The Bertz CT molecular complexity index is 536. The molecule has 4 nitrogen and oxygen atoms in total. The highest BCUT2D eigenvalue weighted by molar-refractivity contribution is 5.97. The standard InChI is InChI=1S/C16H22FN3O/c1-10(20-8-11-3-2-4-12(11)9-20)16(21)19-15-6-5-13(17)7-14(15)18/h5-7,10-12H,2-4,8-9,18H2,1H3,(H,19,21). The van der Waals surface area contributed by atoms with E-state index >= 15 is 0 Å². The summed E-state index contributed by atoms with van der Waals surface area (Å²) in [5.41, 5.74) is 6.47. The second kappa shape index (κ2) is 5.64. The predicted octanol–water partition coefficient (Wildman–Crippen LogP) is 2.47. The molecule has 3 atom stereocenters. The van der Waals surface area contributed by atoms with Crippen molar-refractivity contribution in [1.29, 1.82) is 0 Å². The lowest BCUT2D eigenvalue weighted by Crippen LogP contribution is -2.41. The van der Waals surface area contributed by atoms with Gasteiger partial charge in [-0.1, -0.05) is 6.42 Å². The summed E-state index contributed by atoms with van der Waals surface area (Å²) in [7, 11) is 0. The van der Waals surface area contributed by atoms with Crippen LogP contribution in [0.2, 0.25) is 0 Å². The summed E-state index contributed by atoms with van der Waals surface area (Å²) in [5.74, 6) is 1.05. The lowest BCUT2D eigenvalue weighted by molar-refractivity contribution is -0.120. The van der Waals surface area contributed by atoms with E-state index in [1.807, 2.05) is 6.92 Å². The summed E-state index contributed by atoms with van der Waals surface area (Å²) in [6.07, 6.45) is 3.91. The third kappa shape index (κ3) is 2.88. The second-order valence-corrected chi connectivity index (χ2v) is 6.30. The third-order valence-electron chi connectivity index (χ3n) is 4.95. The zero-order chi connectivity index (χ0) is 15.0. The quantitative estimate of drug-likeness (QED) is 0.841. The summed E-state index contributed by atoms with van der Waals surface area (Å²) >= 11 is 0. The number of carbonyl (C=O) groups excluding carboxylic acids is 1. The fourth-order valence-corrected chi connectivity index (χ4v) is 3.64. The first-order valence-electron chi connectivity index (χ1n) is 7.64. The smallest absolute Gasteiger partial charge is 0.241 e. The maximum absolute atomic E-state index is 13.0. The molecule has 1 aromatic carbocycles. The van der Waals surface area contributed by atoms with E-state index < -0.39 is 5.82 Å². The fraction of sp³-hybridized carbons (Fsp3) is 0.562. The molecule has 2 aliphatic rings. The largest absolute Gasteiger partial charge is 0.397 e. The number of nitrogens with zero attached hydrogens (tertiary/aromatic N) is 1. The molecule has 1 aromatic rings. The van der Waals surface area contributed by atoms with E-state index in [0.717, 1.165) is 24.9 Å². The van der Waals surface area contributed by atoms with Crippen molar-refractivity contribution in [3.05, 3.63) is 24.0 Å². The van der Waals surface area contributed by atoms with Gasteiger partial charge in [0.1, 0.15) is 5.82 Å². The van der Waals surface area contributed by atoms with Crippen molar-refractivity contribution in [2.75, 3.05) is 24.1 Å². The molecule has 114 valence electrons. The number of hydrogen-bond acceptors (Lipinski definition) is 3. The Morgan fingerprint density at radius 3 is 2.67 bits per heavy atom. The second-order valence-electron chi connectivity index (χ2n) is 6.30. The topological polar surface area (TPSA) is 58.4 Å². The highest BCUT2D eigenvalue weighted by Gasteiger charge is 2.39. The van der Waals surface area contributed by atoms with E-state index in [4.69, 9.17) is 5.73 Å². The highest BCUT2D eigenvalue weighted by Crippen LogP contribution is 2.38. The molecule has 5 heteroatoms. The average molecular weight is 291 g/mol. The minimum atomic E-state index is -0.397. The zero-order valence-corrected chi connectivity index (χ0v) is 12.3. The molecule has 3 rings (SSSR count). The van der Waals surface area contributed by atoms with Gasteiger partial charge in [-0.05, 0) is 49.8 Å². The Balaban J connectivity index is 1.62. The first-order valence-corrected chi connectivity index (χ1v) is 7.64. The Hall–Kier alpha value is -1.62. The number of halogens is 1.